The predicted octanol–water partition coefficient (Wildman–Crippen LogP) is 3.70. The SMILES string of the molecule is CC(N)(c1ccccc1)c1nc2ccc(Cl)cc2o1. The summed E-state index contributed by atoms with van der Waals surface area (Å²) in [5.41, 5.74) is 7.96. The summed E-state index contributed by atoms with van der Waals surface area (Å²) in [6.07, 6.45) is 0. The van der Waals surface area contributed by atoms with Gasteiger partial charge in [0.1, 0.15) is 11.1 Å². The van der Waals surface area contributed by atoms with Crippen molar-refractivity contribution in [2.75, 3.05) is 0 Å². The quantitative estimate of drug-likeness (QED) is 0.774. The fourth-order valence-corrected chi connectivity index (χ4v) is 2.19. The number of nitrogens with two attached hydrogens (primary N) is 1. The molecule has 0 saturated carbocycles. The van der Waals surface area contributed by atoms with E-state index in [1.165, 1.54) is 0 Å². The van der Waals surface area contributed by atoms with Crippen LogP contribution in [0.25, 0.3) is 11.1 Å². The number of nitrogens with zero attached hydrogens (tertiary/aromatic N) is 1. The first kappa shape index (κ1) is 12.2. The molecular weight excluding hydrogens is 260 g/mol. The van der Waals surface area contributed by atoms with Crippen molar-refractivity contribution >= 4 is 22.7 Å². The number of fused-ring (bicyclic) bond motifs is 1. The molecule has 0 fully saturated rings. The second-order valence-electron chi connectivity index (χ2n) is 4.70. The van der Waals surface area contributed by atoms with Gasteiger partial charge in [-0.15, -0.1) is 0 Å². The lowest BCUT2D eigenvalue weighted by Gasteiger charge is -2.20. The molecule has 2 aromatic carbocycles. The van der Waals surface area contributed by atoms with E-state index in [2.05, 4.69) is 4.98 Å². The average Bonchev–Trinajstić information content (AvgIpc) is 2.83. The Balaban J connectivity index is 2.13. The summed E-state index contributed by atoms with van der Waals surface area (Å²) in [5, 5.41) is 0.619. The molecule has 3 nitrogen and oxygen atoms in total. The molecule has 0 saturated heterocycles. The lowest BCUT2D eigenvalue weighted by Crippen LogP contribution is -2.34. The van der Waals surface area contributed by atoms with Crippen molar-refractivity contribution in [3.05, 3.63) is 65.0 Å². The van der Waals surface area contributed by atoms with Crippen molar-refractivity contribution in [1.29, 1.82) is 0 Å². The summed E-state index contributed by atoms with van der Waals surface area (Å²) in [5.74, 6) is 0.482. The molecule has 0 radical (unpaired) electrons. The topological polar surface area (TPSA) is 52.0 Å². The van der Waals surface area contributed by atoms with Crippen molar-refractivity contribution in [3.63, 3.8) is 0 Å². The molecule has 3 aromatic rings. The van der Waals surface area contributed by atoms with E-state index < -0.39 is 5.54 Å². The molecule has 0 aliphatic rings. The molecule has 1 aromatic heterocycles. The highest BCUT2D eigenvalue weighted by Crippen LogP contribution is 2.29. The fraction of sp³-hybridized carbons (Fsp3) is 0.133. The average molecular weight is 273 g/mol. The number of halogens is 1. The molecule has 0 spiro atoms. The van der Waals surface area contributed by atoms with Gasteiger partial charge < -0.3 is 10.2 Å². The van der Waals surface area contributed by atoms with Crippen LogP contribution >= 0.6 is 11.6 Å². The first-order valence-corrected chi connectivity index (χ1v) is 6.36. The Hall–Kier alpha value is -1.84. The van der Waals surface area contributed by atoms with Crippen molar-refractivity contribution in [1.82, 2.24) is 4.98 Å². The summed E-state index contributed by atoms with van der Waals surface area (Å²) in [4.78, 5) is 4.45. The first-order valence-electron chi connectivity index (χ1n) is 5.98. The van der Waals surface area contributed by atoms with Crippen LogP contribution in [0, 0.1) is 0 Å². The summed E-state index contributed by atoms with van der Waals surface area (Å²) in [6, 6.07) is 15.1. The van der Waals surface area contributed by atoms with Crippen LogP contribution in [0.5, 0.6) is 0 Å². The van der Waals surface area contributed by atoms with Gasteiger partial charge in [-0.1, -0.05) is 41.9 Å². The minimum absolute atomic E-state index is 0.482. The minimum Gasteiger partial charge on any atom is -0.438 e. The number of oxazole rings is 1. The monoisotopic (exact) mass is 272 g/mol. The largest absolute Gasteiger partial charge is 0.438 e. The number of hydrogen-bond acceptors (Lipinski definition) is 3. The minimum atomic E-state index is -0.771. The van der Waals surface area contributed by atoms with Crippen LogP contribution in [-0.4, -0.2) is 4.98 Å². The van der Waals surface area contributed by atoms with Crippen LogP contribution < -0.4 is 5.73 Å². The number of aromatic nitrogens is 1. The highest BCUT2D eigenvalue weighted by Gasteiger charge is 2.29. The van der Waals surface area contributed by atoms with Crippen LogP contribution in [0.4, 0.5) is 0 Å². The molecule has 2 N–H and O–H groups in total. The Morgan fingerprint density at radius 2 is 1.89 bits per heavy atom. The highest BCUT2D eigenvalue weighted by atomic mass is 35.5. The summed E-state index contributed by atoms with van der Waals surface area (Å²) < 4.78 is 5.75. The van der Waals surface area contributed by atoms with Crippen molar-refractivity contribution in [2.24, 2.45) is 5.73 Å². The first-order chi connectivity index (χ1) is 9.07. The van der Waals surface area contributed by atoms with E-state index in [1.807, 2.05) is 43.3 Å². The van der Waals surface area contributed by atoms with E-state index in [0.29, 0.717) is 16.5 Å². The third-order valence-corrected chi connectivity index (χ3v) is 3.40. The molecule has 1 unspecified atom stereocenters. The number of rotatable bonds is 2. The summed E-state index contributed by atoms with van der Waals surface area (Å²) in [6.45, 7) is 1.88. The maximum absolute atomic E-state index is 6.37. The maximum Gasteiger partial charge on any atom is 0.219 e. The zero-order valence-electron chi connectivity index (χ0n) is 10.4. The Labute approximate surface area is 116 Å². The molecule has 96 valence electrons. The molecule has 1 heterocycles. The van der Waals surface area contributed by atoms with Gasteiger partial charge in [-0.3, -0.25) is 0 Å². The molecule has 0 bridgehead atoms. The summed E-state index contributed by atoms with van der Waals surface area (Å²) >= 11 is 5.94. The third kappa shape index (κ3) is 2.11. The van der Waals surface area contributed by atoms with E-state index in [1.54, 1.807) is 12.1 Å². The lowest BCUT2D eigenvalue weighted by atomic mass is 9.93. The number of benzene rings is 2. The molecule has 3 rings (SSSR count). The molecule has 0 aliphatic carbocycles. The number of hydrogen-bond donors (Lipinski definition) is 1. The Kier molecular flexibility index (Phi) is 2.81. The van der Waals surface area contributed by atoms with Gasteiger partial charge in [-0.2, -0.15) is 0 Å². The zero-order chi connectivity index (χ0) is 13.5. The van der Waals surface area contributed by atoms with E-state index in [-0.39, 0.29) is 0 Å². The maximum atomic E-state index is 6.37. The summed E-state index contributed by atoms with van der Waals surface area (Å²) in [7, 11) is 0. The van der Waals surface area contributed by atoms with Gasteiger partial charge >= 0.3 is 0 Å². The lowest BCUT2D eigenvalue weighted by molar-refractivity contribution is 0.418. The Morgan fingerprint density at radius 3 is 2.63 bits per heavy atom. The molecule has 1 atom stereocenters. The van der Waals surface area contributed by atoms with E-state index in [0.717, 1.165) is 11.1 Å². The van der Waals surface area contributed by atoms with Crippen LogP contribution in [-0.2, 0) is 5.54 Å². The van der Waals surface area contributed by atoms with Gasteiger partial charge in [0, 0.05) is 11.1 Å². The molecular formula is C15H13ClN2O. The second-order valence-corrected chi connectivity index (χ2v) is 5.14. The smallest absolute Gasteiger partial charge is 0.219 e. The third-order valence-electron chi connectivity index (χ3n) is 3.17. The van der Waals surface area contributed by atoms with Gasteiger partial charge in [0.05, 0.1) is 0 Å². The van der Waals surface area contributed by atoms with Gasteiger partial charge in [0.2, 0.25) is 5.89 Å². The second kappa shape index (κ2) is 4.37. The van der Waals surface area contributed by atoms with Crippen LogP contribution in [0.2, 0.25) is 5.02 Å². The zero-order valence-corrected chi connectivity index (χ0v) is 11.2. The highest BCUT2D eigenvalue weighted by molar-refractivity contribution is 6.31. The predicted molar refractivity (Wildman–Crippen MR) is 76.1 cm³/mol. The molecule has 19 heavy (non-hydrogen) atoms. The molecule has 0 amide bonds. The fourth-order valence-electron chi connectivity index (χ4n) is 2.03. The normalized spacial score (nSPS) is 14.5. The molecule has 4 heteroatoms. The standard InChI is InChI=1S/C15H13ClN2O/c1-15(17,10-5-3-2-4-6-10)14-18-12-8-7-11(16)9-13(12)19-14/h2-9H,17H2,1H3. The van der Waals surface area contributed by atoms with Gasteiger partial charge in [0.25, 0.3) is 0 Å². The Morgan fingerprint density at radius 1 is 1.16 bits per heavy atom. The van der Waals surface area contributed by atoms with Crippen molar-refractivity contribution < 1.29 is 4.42 Å². The Bertz CT molecular complexity index is 719. The van der Waals surface area contributed by atoms with E-state index >= 15 is 0 Å². The van der Waals surface area contributed by atoms with Gasteiger partial charge in [0.15, 0.2) is 5.58 Å². The van der Waals surface area contributed by atoms with Crippen molar-refractivity contribution in [3.8, 4) is 0 Å². The van der Waals surface area contributed by atoms with Crippen LogP contribution in [0.1, 0.15) is 18.4 Å². The van der Waals surface area contributed by atoms with Crippen LogP contribution in [0.3, 0.4) is 0 Å². The van der Waals surface area contributed by atoms with Crippen molar-refractivity contribution in [2.45, 2.75) is 12.5 Å². The van der Waals surface area contributed by atoms with E-state index in [9.17, 15) is 0 Å². The van der Waals surface area contributed by atoms with Gasteiger partial charge in [-0.05, 0) is 24.6 Å². The molecule has 0 aliphatic heterocycles. The van der Waals surface area contributed by atoms with Gasteiger partial charge in [-0.25, -0.2) is 4.98 Å². The van der Waals surface area contributed by atoms with E-state index in [4.69, 9.17) is 21.8 Å². The van der Waals surface area contributed by atoms with Crippen LogP contribution in [0.15, 0.2) is 52.9 Å².